The van der Waals surface area contributed by atoms with Gasteiger partial charge >= 0.3 is 0 Å². The van der Waals surface area contributed by atoms with E-state index in [1.54, 1.807) is 62.0 Å². The van der Waals surface area contributed by atoms with E-state index in [1.165, 1.54) is 11.3 Å². The van der Waals surface area contributed by atoms with Crippen LogP contribution in [0, 0.1) is 13.8 Å². The van der Waals surface area contributed by atoms with Crippen molar-refractivity contribution < 1.29 is 14.4 Å². The summed E-state index contributed by atoms with van der Waals surface area (Å²) in [5.74, 6) is -1.63. The number of carbonyl (C=O) groups is 3. The molecule has 8 heteroatoms. The summed E-state index contributed by atoms with van der Waals surface area (Å²) in [5.41, 5.74) is 2.37. The number of aromatic nitrogens is 2. The fraction of sp³-hybridized carbons (Fsp3) is 0.158. The van der Waals surface area contributed by atoms with Gasteiger partial charge in [0.25, 0.3) is 17.6 Å². The Morgan fingerprint density at radius 1 is 1.04 bits per heavy atom. The number of nitrogens with zero attached hydrogens (tertiary/aromatic N) is 2. The van der Waals surface area contributed by atoms with Crippen molar-refractivity contribution in [3.8, 4) is 0 Å². The summed E-state index contributed by atoms with van der Waals surface area (Å²) in [6, 6.07) is 10.2. The first-order chi connectivity index (χ1) is 12.9. The molecule has 2 amide bonds. The van der Waals surface area contributed by atoms with Crippen LogP contribution in [0.2, 0.25) is 0 Å². The van der Waals surface area contributed by atoms with Gasteiger partial charge in [0.2, 0.25) is 0 Å². The molecular weight excluding hydrogens is 364 g/mol. The zero-order chi connectivity index (χ0) is 19.6. The minimum atomic E-state index is -0.754. The lowest BCUT2D eigenvalue weighted by atomic mass is 10.1. The van der Waals surface area contributed by atoms with Crippen molar-refractivity contribution in [1.82, 2.24) is 9.78 Å². The van der Waals surface area contributed by atoms with Gasteiger partial charge in [-0.3, -0.25) is 19.1 Å². The Morgan fingerprint density at radius 2 is 1.74 bits per heavy atom. The van der Waals surface area contributed by atoms with Crippen molar-refractivity contribution in [1.29, 1.82) is 0 Å². The lowest BCUT2D eigenvalue weighted by Gasteiger charge is -2.08. The van der Waals surface area contributed by atoms with Crippen molar-refractivity contribution in [2.24, 2.45) is 7.05 Å². The normalized spacial score (nSPS) is 10.5. The number of hydrogen-bond donors (Lipinski definition) is 2. The summed E-state index contributed by atoms with van der Waals surface area (Å²) < 4.78 is 1.57. The first kappa shape index (κ1) is 18.5. The van der Waals surface area contributed by atoms with E-state index in [1.807, 2.05) is 5.38 Å². The number of ketones is 1. The van der Waals surface area contributed by atoms with E-state index < -0.39 is 11.7 Å². The number of nitrogens with one attached hydrogen (secondary N) is 2. The minimum Gasteiger partial charge on any atom is -0.321 e. The summed E-state index contributed by atoms with van der Waals surface area (Å²) in [4.78, 5) is 37.6. The fourth-order valence-electron chi connectivity index (χ4n) is 2.68. The molecule has 0 atom stereocenters. The van der Waals surface area contributed by atoms with E-state index in [9.17, 15) is 14.4 Å². The molecule has 7 nitrogen and oxygen atoms in total. The number of benzene rings is 1. The van der Waals surface area contributed by atoms with Crippen molar-refractivity contribution in [2.75, 3.05) is 10.6 Å². The lowest BCUT2D eigenvalue weighted by Crippen LogP contribution is -2.24. The number of hydrogen-bond acceptors (Lipinski definition) is 5. The van der Waals surface area contributed by atoms with Crippen LogP contribution in [0.5, 0.6) is 0 Å². The quantitative estimate of drug-likeness (QED) is 0.524. The SMILES string of the molecule is Cc1nn(C)c(C)c1C(=O)C(=O)Nc1cccc(NC(=O)c2cccs2)c1. The topological polar surface area (TPSA) is 93.1 Å². The van der Waals surface area contributed by atoms with Gasteiger partial charge in [-0.25, -0.2) is 0 Å². The van der Waals surface area contributed by atoms with Crippen LogP contribution in [0.25, 0.3) is 0 Å². The van der Waals surface area contributed by atoms with Gasteiger partial charge in [-0.2, -0.15) is 5.10 Å². The lowest BCUT2D eigenvalue weighted by molar-refractivity contribution is -0.112. The van der Waals surface area contributed by atoms with Crippen LogP contribution in [0.4, 0.5) is 11.4 Å². The van der Waals surface area contributed by atoms with Crippen LogP contribution < -0.4 is 10.6 Å². The van der Waals surface area contributed by atoms with Crippen LogP contribution in [0.15, 0.2) is 41.8 Å². The second-order valence-corrected chi connectivity index (χ2v) is 6.91. The monoisotopic (exact) mass is 382 g/mol. The third kappa shape index (κ3) is 3.95. The van der Waals surface area contributed by atoms with Crippen molar-refractivity contribution in [3.63, 3.8) is 0 Å². The third-order valence-corrected chi connectivity index (χ3v) is 4.93. The van der Waals surface area contributed by atoms with Gasteiger partial charge in [-0.1, -0.05) is 12.1 Å². The highest BCUT2D eigenvalue weighted by Crippen LogP contribution is 2.19. The molecule has 0 bridgehead atoms. The van der Waals surface area contributed by atoms with Gasteiger partial charge < -0.3 is 10.6 Å². The van der Waals surface area contributed by atoms with Gasteiger partial charge in [-0.15, -0.1) is 11.3 Å². The Labute approximate surface area is 160 Å². The van der Waals surface area contributed by atoms with Crippen LogP contribution in [0.3, 0.4) is 0 Å². The number of aryl methyl sites for hydroxylation is 2. The molecule has 0 unspecified atom stereocenters. The number of Topliss-reactive ketones (excluding diaryl/α,β-unsaturated/α-hetero) is 1. The summed E-state index contributed by atoms with van der Waals surface area (Å²) in [5, 5.41) is 11.3. The zero-order valence-corrected chi connectivity index (χ0v) is 15.9. The molecule has 0 aliphatic carbocycles. The molecule has 0 fully saturated rings. The summed E-state index contributed by atoms with van der Waals surface area (Å²) in [6.45, 7) is 3.43. The Bertz CT molecular complexity index is 1020. The fourth-order valence-corrected chi connectivity index (χ4v) is 3.30. The van der Waals surface area contributed by atoms with Crippen LogP contribution in [0.1, 0.15) is 31.4 Å². The zero-order valence-electron chi connectivity index (χ0n) is 15.1. The Balaban J connectivity index is 1.73. The molecule has 2 aromatic heterocycles. The molecule has 0 aliphatic heterocycles. The maximum Gasteiger partial charge on any atom is 0.296 e. The Hall–Kier alpha value is -3.26. The first-order valence-electron chi connectivity index (χ1n) is 8.17. The number of amides is 2. The van der Waals surface area contributed by atoms with Crippen molar-refractivity contribution in [2.45, 2.75) is 13.8 Å². The van der Waals surface area contributed by atoms with Crippen LogP contribution in [-0.4, -0.2) is 27.4 Å². The van der Waals surface area contributed by atoms with Gasteiger partial charge in [0.15, 0.2) is 0 Å². The number of carbonyl (C=O) groups excluding carboxylic acids is 3. The van der Waals surface area contributed by atoms with E-state index in [0.717, 1.165) is 0 Å². The smallest absolute Gasteiger partial charge is 0.296 e. The first-order valence-corrected chi connectivity index (χ1v) is 9.05. The van der Waals surface area contributed by atoms with Crippen molar-refractivity contribution >= 4 is 40.3 Å². The molecule has 3 rings (SSSR count). The predicted octanol–water partition coefficient (Wildman–Crippen LogP) is 3.17. The number of anilines is 2. The average molecular weight is 382 g/mol. The third-order valence-electron chi connectivity index (χ3n) is 4.07. The highest BCUT2D eigenvalue weighted by atomic mass is 32.1. The molecule has 0 saturated heterocycles. The molecule has 3 aromatic rings. The van der Waals surface area contributed by atoms with Crippen LogP contribution >= 0.6 is 11.3 Å². The van der Waals surface area contributed by atoms with E-state index >= 15 is 0 Å². The predicted molar refractivity (Wildman–Crippen MR) is 104 cm³/mol. The maximum atomic E-state index is 12.5. The molecule has 138 valence electrons. The molecule has 2 N–H and O–H groups in total. The molecule has 0 aliphatic rings. The summed E-state index contributed by atoms with van der Waals surface area (Å²) in [7, 11) is 1.72. The summed E-state index contributed by atoms with van der Waals surface area (Å²) in [6.07, 6.45) is 0. The molecule has 0 spiro atoms. The minimum absolute atomic E-state index is 0.230. The van der Waals surface area contributed by atoms with E-state index in [2.05, 4.69) is 15.7 Å². The highest BCUT2D eigenvalue weighted by Gasteiger charge is 2.24. The molecular formula is C19H18N4O3S. The summed E-state index contributed by atoms with van der Waals surface area (Å²) >= 11 is 1.34. The van der Waals surface area contributed by atoms with Gasteiger partial charge in [0, 0.05) is 24.1 Å². The van der Waals surface area contributed by atoms with Crippen molar-refractivity contribution in [3.05, 3.63) is 63.6 Å². The molecule has 0 saturated carbocycles. The molecule has 1 aromatic carbocycles. The standard InChI is InChI=1S/C19H18N4O3S/c1-11-16(12(2)23(3)22-11)17(24)19(26)21-14-7-4-6-13(10-14)20-18(25)15-8-5-9-27-15/h4-10H,1-3H3,(H,20,25)(H,21,26). The molecule has 2 heterocycles. The molecule has 0 radical (unpaired) electrons. The largest absolute Gasteiger partial charge is 0.321 e. The molecule has 27 heavy (non-hydrogen) atoms. The maximum absolute atomic E-state index is 12.5. The van der Waals surface area contributed by atoms with Crippen LogP contribution in [-0.2, 0) is 11.8 Å². The van der Waals surface area contributed by atoms with E-state index in [4.69, 9.17) is 0 Å². The Kier molecular flexibility index (Phi) is 5.18. The van der Waals surface area contributed by atoms with E-state index in [-0.39, 0.29) is 5.91 Å². The van der Waals surface area contributed by atoms with Gasteiger partial charge in [0.05, 0.1) is 16.1 Å². The second kappa shape index (κ2) is 7.55. The van der Waals surface area contributed by atoms with E-state index in [0.29, 0.717) is 33.2 Å². The Morgan fingerprint density at radius 3 is 2.33 bits per heavy atom. The average Bonchev–Trinajstić information content (AvgIpc) is 3.24. The second-order valence-electron chi connectivity index (χ2n) is 5.96. The number of rotatable bonds is 5. The number of thiophene rings is 1. The van der Waals surface area contributed by atoms with Gasteiger partial charge in [-0.05, 0) is 43.5 Å². The highest BCUT2D eigenvalue weighted by molar-refractivity contribution is 7.12. The van der Waals surface area contributed by atoms with Gasteiger partial charge in [0.1, 0.15) is 0 Å².